The monoisotopic (exact) mass is 483 g/mol. The van der Waals surface area contributed by atoms with E-state index < -0.39 is 10.0 Å². The first-order valence-corrected chi connectivity index (χ1v) is 11.7. The Morgan fingerprint density at radius 2 is 2.11 bits per heavy atom. The second kappa shape index (κ2) is 8.60. The number of anilines is 1. The zero-order chi connectivity index (χ0) is 20.3. The van der Waals surface area contributed by atoms with Crippen LogP contribution in [0, 0.1) is 0 Å². The van der Waals surface area contributed by atoms with Gasteiger partial charge in [-0.05, 0) is 52.7 Å². The maximum absolute atomic E-state index is 12.2. The molecule has 0 aliphatic carbocycles. The highest BCUT2D eigenvalue weighted by molar-refractivity contribution is 9.10. The van der Waals surface area contributed by atoms with Gasteiger partial charge in [-0.15, -0.1) is 0 Å². The lowest BCUT2D eigenvalue weighted by Crippen LogP contribution is -2.15. The molecule has 2 aromatic heterocycles. The van der Waals surface area contributed by atoms with Gasteiger partial charge in [0, 0.05) is 17.2 Å². The molecule has 11 heteroatoms. The number of nitrogens with zero attached hydrogens (tertiary/aromatic N) is 3. The molecule has 3 rings (SSSR count). The summed E-state index contributed by atoms with van der Waals surface area (Å²) >= 11 is 4.57. The minimum Gasteiger partial charge on any atom is -0.319 e. The molecule has 0 saturated carbocycles. The van der Waals surface area contributed by atoms with Crippen LogP contribution in [0.4, 0.5) is 5.82 Å². The molecule has 0 bridgehead atoms. The van der Waals surface area contributed by atoms with E-state index in [2.05, 4.69) is 31.2 Å². The number of fused-ring (bicyclic) bond motifs is 1. The number of aromatic nitrogens is 3. The summed E-state index contributed by atoms with van der Waals surface area (Å²) in [6.07, 6.45) is 2.47. The van der Waals surface area contributed by atoms with Gasteiger partial charge >= 0.3 is 0 Å². The Morgan fingerprint density at radius 1 is 1.32 bits per heavy atom. The summed E-state index contributed by atoms with van der Waals surface area (Å²) < 4.78 is 26.0. The number of imidazole rings is 1. The van der Waals surface area contributed by atoms with Crippen LogP contribution in [0.15, 0.2) is 51.1 Å². The van der Waals surface area contributed by atoms with Gasteiger partial charge in [0.1, 0.15) is 5.82 Å². The van der Waals surface area contributed by atoms with Crippen molar-refractivity contribution in [1.29, 1.82) is 0 Å². The second-order valence-corrected chi connectivity index (χ2v) is 9.36. The highest BCUT2D eigenvalue weighted by atomic mass is 79.9. The molecular formula is C17H18BrN5O3S2. The molecule has 0 radical (unpaired) electrons. The zero-order valence-corrected chi connectivity index (χ0v) is 18.1. The molecule has 0 spiro atoms. The molecule has 3 N–H and O–H groups in total. The first-order chi connectivity index (χ1) is 13.3. The van der Waals surface area contributed by atoms with Crippen LogP contribution in [0.2, 0.25) is 0 Å². The number of amides is 1. The Hall–Kier alpha value is -1.95. The summed E-state index contributed by atoms with van der Waals surface area (Å²) in [6, 6.07) is 8.10. The van der Waals surface area contributed by atoms with Crippen molar-refractivity contribution >= 4 is 60.5 Å². The van der Waals surface area contributed by atoms with E-state index in [-0.39, 0.29) is 16.6 Å². The van der Waals surface area contributed by atoms with E-state index in [0.717, 1.165) is 16.4 Å². The number of nitrogens with two attached hydrogens (primary N) is 1. The van der Waals surface area contributed by atoms with Crippen LogP contribution in [0.25, 0.3) is 11.0 Å². The van der Waals surface area contributed by atoms with Crippen LogP contribution < -0.4 is 10.5 Å². The Morgan fingerprint density at radius 3 is 2.75 bits per heavy atom. The van der Waals surface area contributed by atoms with Crippen molar-refractivity contribution in [1.82, 2.24) is 14.5 Å². The molecule has 0 atom stereocenters. The summed E-state index contributed by atoms with van der Waals surface area (Å²) in [5, 5.41) is 8.57. The van der Waals surface area contributed by atoms with Gasteiger partial charge in [0.2, 0.25) is 15.9 Å². The minimum atomic E-state index is -3.80. The predicted octanol–water partition coefficient (Wildman–Crippen LogP) is 2.98. The smallest absolute Gasteiger partial charge is 0.238 e. The molecule has 2 heterocycles. The standard InChI is InChI=1S/C17H18BrN5O3S2/c1-2-7-23-14-5-4-12(28(19,25)26)8-13(14)21-17(23)27-10-16(24)22-15-6-3-11(18)9-20-15/h3-6,8-9H,2,7,10H2,1H3,(H2,19,25,26)(H,20,22,24). The molecule has 1 aromatic carbocycles. The maximum Gasteiger partial charge on any atom is 0.238 e. The lowest BCUT2D eigenvalue weighted by Gasteiger charge is -2.08. The van der Waals surface area contributed by atoms with Crippen molar-refractivity contribution in [3.05, 3.63) is 41.0 Å². The number of carbonyl (C=O) groups excluding carboxylic acids is 1. The number of halogens is 1. The molecule has 0 unspecified atom stereocenters. The van der Waals surface area contributed by atoms with E-state index in [0.29, 0.717) is 23.0 Å². The van der Waals surface area contributed by atoms with Crippen LogP contribution in [0.5, 0.6) is 0 Å². The molecule has 8 nitrogen and oxygen atoms in total. The molecule has 3 aromatic rings. The molecule has 0 aliphatic rings. The third kappa shape index (κ3) is 4.90. The quantitative estimate of drug-likeness (QED) is 0.498. The number of nitrogens with one attached hydrogen (secondary N) is 1. The molecule has 0 fully saturated rings. The van der Waals surface area contributed by atoms with Crippen LogP contribution in [-0.2, 0) is 21.4 Å². The third-order valence-electron chi connectivity index (χ3n) is 3.79. The summed E-state index contributed by atoms with van der Waals surface area (Å²) in [5.74, 6) is 0.404. The molecule has 1 amide bonds. The summed E-state index contributed by atoms with van der Waals surface area (Å²) in [7, 11) is -3.80. The number of hydrogen-bond donors (Lipinski definition) is 2. The number of carbonyl (C=O) groups is 1. The van der Waals surface area contributed by atoms with Gasteiger partial charge in [0.25, 0.3) is 0 Å². The maximum atomic E-state index is 12.2. The summed E-state index contributed by atoms with van der Waals surface area (Å²) in [5.41, 5.74) is 1.32. The summed E-state index contributed by atoms with van der Waals surface area (Å²) in [4.78, 5) is 20.8. The first-order valence-electron chi connectivity index (χ1n) is 8.35. The van der Waals surface area contributed by atoms with Gasteiger partial charge in [-0.3, -0.25) is 4.79 Å². The van der Waals surface area contributed by atoms with E-state index >= 15 is 0 Å². The zero-order valence-electron chi connectivity index (χ0n) is 14.9. The van der Waals surface area contributed by atoms with Crippen molar-refractivity contribution in [2.24, 2.45) is 5.14 Å². The third-order valence-corrected chi connectivity index (χ3v) is 6.14. The number of thioether (sulfide) groups is 1. The predicted molar refractivity (Wildman–Crippen MR) is 113 cm³/mol. The van der Waals surface area contributed by atoms with Crippen molar-refractivity contribution in [3.8, 4) is 0 Å². The fourth-order valence-electron chi connectivity index (χ4n) is 2.57. The molecule has 0 aliphatic heterocycles. The Balaban J connectivity index is 1.80. The number of pyridine rings is 1. The lowest BCUT2D eigenvalue weighted by molar-refractivity contribution is -0.113. The minimum absolute atomic E-state index is 0.0109. The van der Waals surface area contributed by atoms with Gasteiger partial charge in [-0.2, -0.15) is 0 Å². The second-order valence-electron chi connectivity index (χ2n) is 5.94. The lowest BCUT2D eigenvalue weighted by atomic mass is 10.3. The van der Waals surface area contributed by atoms with Crippen LogP contribution in [0.3, 0.4) is 0 Å². The Labute approximate surface area is 175 Å². The normalized spacial score (nSPS) is 11.7. The highest BCUT2D eigenvalue weighted by Crippen LogP contribution is 2.26. The average Bonchev–Trinajstić information content (AvgIpc) is 2.98. The number of sulfonamides is 1. The van der Waals surface area contributed by atoms with Gasteiger partial charge in [-0.25, -0.2) is 23.5 Å². The molecule has 28 heavy (non-hydrogen) atoms. The number of hydrogen-bond acceptors (Lipinski definition) is 6. The van der Waals surface area contributed by atoms with Gasteiger partial charge in [0.15, 0.2) is 5.16 Å². The SMILES string of the molecule is CCCn1c(SCC(=O)Nc2ccc(Br)cn2)nc2cc(S(N)(=O)=O)ccc21. The number of benzene rings is 1. The topological polar surface area (TPSA) is 120 Å². The largest absolute Gasteiger partial charge is 0.319 e. The molecule has 0 saturated heterocycles. The number of rotatable bonds is 7. The van der Waals surface area contributed by atoms with E-state index in [4.69, 9.17) is 5.14 Å². The Bertz CT molecular complexity index is 1110. The van der Waals surface area contributed by atoms with E-state index in [1.54, 1.807) is 24.4 Å². The number of primary sulfonamides is 1. The summed E-state index contributed by atoms with van der Waals surface area (Å²) in [6.45, 7) is 2.73. The van der Waals surface area contributed by atoms with Crippen molar-refractivity contribution in [2.75, 3.05) is 11.1 Å². The highest BCUT2D eigenvalue weighted by Gasteiger charge is 2.16. The fraction of sp³-hybridized carbons (Fsp3) is 0.235. The van der Waals surface area contributed by atoms with E-state index in [9.17, 15) is 13.2 Å². The first kappa shape index (κ1) is 20.8. The van der Waals surface area contributed by atoms with Crippen LogP contribution in [-0.4, -0.2) is 34.6 Å². The van der Waals surface area contributed by atoms with Crippen LogP contribution in [0.1, 0.15) is 13.3 Å². The Kier molecular flexibility index (Phi) is 6.38. The molecular weight excluding hydrogens is 466 g/mol. The van der Waals surface area contributed by atoms with E-state index in [1.165, 1.54) is 23.9 Å². The van der Waals surface area contributed by atoms with Gasteiger partial charge in [0.05, 0.1) is 21.7 Å². The van der Waals surface area contributed by atoms with Gasteiger partial charge < -0.3 is 9.88 Å². The average molecular weight is 484 g/mol. The van der Waals surface area contributed by atoms with Crippen LogP contribution >= 0.6 is 27.7 Å². The number of aryl methyl sites for hydroxylation is 1. The van der Waals surface area contributed by atoms with Crippen molar-refractivity contribution in [3.63, 3.8) is 0 Å². The fourth-order valence-corrected chi connectivity index (χ4v) is 4.18. The van der Waals surface area contributed by atoms with Gasteiger partial charge in [-0.1, -0.05) is 18.7 Å². The van der Waals surface area contributed by atoms with E-state index in [1.807, 2.05) is 11.5 Å². The van der Waals surface area contributed by atoms with Crippen molar-refractivity contribution < 1.29 is 13.2 Å². The molecule has 148 valence electrons. The van der Waals surface area contributed by atoms with Crippen molar-refractivity contribution in [2.45, 2.75) is 29.9 Å².